The fraction of sp³-hybridized carbons (Fsp3) is 0.0526. The highest BCUT2D eigenvalue weighted by molar-refractivity contribution is 6.40. The second kappa shape index (κ2) is 8.34. The van der Waals surface area contributed by atoms with Crippen LogP contribution in [-0.4, -0.2) is 35.5 Å². The summed E-state index contributed by atoms with van der Waals surface area (Å²) >= 11 is 12.1. The van der Waals surface area contributed by atoms with E-state index >= 15 is 0 Å². The summed E-state index contributed by atoms with van der Waals surface area (Å²) in [6.45, 7) is -0.644. The van der Waals surface area contributed by atoms with Gasteiger partial charge >= 0.3 is 12.0 Å². The average molecular weight is 435 g/mol. The lowest BCUT2D eigenvalue weighted by molar-refractivity contribution is -0.139. The van der Waals surface area contributed by atoms with Crippen molar-refractivity contribution in [1.29, 1.82) is 0 Å². The van der Waals surface area contributed by atoms with Crippen LogP contribution in [0.1, 0.15) is 5.56 Å². The van der Waals surface area contributed by atoms with E-state index in [4.69, 9.17) is 33.0 Å². The highest BCUT2D eigenvalue weighted by Gasteiger charge is 2.36. The van der Waals surface area contributed by atoms with Gasteiger partial charge in [-0.3, -0.25) is 14.9 Å². The van der Waals surface area contributed by atoms with Crippen molar-refractivity contribution in [2.75, 3.05) is 11.5 Å². The maximum Gasteiger partial charge on any atom is 0.341 e. The minimum atomic E-state index is -1.21. The SMILES string of the molecule is O=C(O)COc1c(Cl)cc(/C=C2\C(=O)NC(=O)N(c3ccccc3)C2=O)cc1Cl. The second-order valence-electron chi connectivity index (χ2n) is 5.79. The third-order valence-electron chi connectivity index (χ3n) is 3.79. The number of hydrogen-bond acceptors (Lipinski definition) is 5. The predicted molar refractivity (Wildman–Crippen MR) is 105 cm³/mol. The zero-order chi connectivity index (χ0) is 21.1. The summed E-state index contributed by atoms with van der Waals surface area (Å²) in [6.07, 6.45) is 1.22. The summed E-state index contributed by atoms with van der Waals surface area (Å²) in [5.74, 6) is -2.94. The van der Waals surface area contributed by atoms with E-state index in [-0.39, 0.29) is 26.9 Å². The Kier molecular flexibility index (Phi) is 5.86. The molecular weight excluding hydrogens is 423 g/mol. The number of hydrogen-bond donors (Lipinski definition) is 2. The first-order valence-corrected chi connectivity index (χ1v) is 8.83. The summed E-state index contributed by atoms with van der Waals surface area (Å²) in [7, 11) is 0. The van der Waals surface area contributed by atoms with Crippen molar-refractivity contribution in [3.63, 3.8) is 0 Å². The Labute approximate surface area is 174 Å². The van der Waals surface area contributed by atoms with Crippen molar-refractivity contribution in [2.45, 2.75) is 0 Å². The Balaban J connectivity index is 1.96. The van der Waals surface area contributed by atoms with Gasteiger partial charge < -0.3 is 9.84 Å². The molecule has 0 spiro atoms. The summed E-state index contributed by atoms with van der Waals surface area (Å²) in [4.78, 5) is 48.6. The van der Waals surface area contributed by atoms with Crippen LogP contribution >= 0.6 is 23.2 Å². The Morgan fingerprint density at radius 2 is 1.72 bits per heavy atom. The van der Waals surface area contributed by atoms with Gasteiger partial charge in [0, 0.05) is 0 Å². The fourth-order valence-corrected chi connectivity index (χ4v) is 3.18. The average Bonchev–Trinajstić information content (AvgIpc) is 2.65. The van der Waals surface area contributed by atoms with Crippen LogP contribution in [0.15, 0.2) is 48.0 Å². The first kappa shape index (κ1) is 20.4. The number of nitrogens with one attached hydrogen (secondary N) is 1. The quantitative estimate of drug-likeness (QED) is 0.551. The van der Waals surface area contributed by atoms with E-state index in [9.17, 15) is 19.2 Å². The van der Waals surface area contributed by atoms with Gasteiger partial charge in [-0.25, -0.2) is 14.5 Å². The normalized spacial score (nSPS) is 15.4. The number of carboxylic acids is 1. The molecule has 8 nitrogen and oxygen atoms in total. The molecule has 0 bridgehead atoms. The number of para-hydroxylation sites is 1. The van der Waals surface area contributed by atoms with Gasteiger partial charge in [0.25, 0.3) is 11.8 Å². The third kappa shape index (κ3) is 4.39. The number of carboxylic acid groups (broad SMARTS) is 1. The number of nitrogens with zero attached hydrogens (tertiary/aromatic N) is 1. The first-order valence-electron chi connectivity index (χ1n) is 8.08. The number of imide groups is 2. The van der Waals surface area contributed by atoms with E-state index in [1.54, 1.807) is 30.3 Å². The molecule has 0 aromatic heterocycles. The fourth-order valence-electron chi connectivity index (χ4n) is 2.57. The van der Waals surface area contributed by atoms with Gasteiger partial charge in [0.15, 0.2) is 12.4 Å². The molecule has 3 rings (SSSR count). The Morgan fingerprint density at radius 1 is 1.10 bits per heavy atom. The summed E-state index contributed by atoms with van der Waals surface area (Å²) in [5.41, 5.74) is 0.269. The van der Waals surface area contributed by atoms with Crippen LogP contribution in [0.5, 0.6) is 5.75 Å². The smallest absolute Gasteiger partial charge is 0.341 e. The number of carbonyl (C=O) groups excluding carboxylic acids is 3. The van der Waals surface area contributed by atoms with E-state index in [0.717, 1.165) is 4.90 Å². The zero-order valence-electron chi connectivity index (χ0n) is 14.5. The molecule has 0 atom stereocenters. The molecule has 1 aliphatic heterocycles. The van der Waals surface area contributed by atoms with Crippen molar-refractivity contribution < 1.29 is 29.0 Å². The molecule has 2 aromatic rings. The van der Waals surface area contributed by atoms with E-state index in [2.05, 4.69) is 5.32 Å². The zero-order valence-corrected chi connectivity index (χ0v) is 16.0. The molecule has 1 saturated heterocycles. The number of barbiturate groups is 1. The third-order valence-corrected chi connectivity index (χ3v) is 4.35. The van der Waals surface area contributed by atoms with Gasteiger partial charge in [0.05, 0.1) is 15.7 Å². The lowest BCUT2D eigenvalue weighted by Gasteiger charge is -2.26. The van der Waals surface area contributed by atoms with Crippen LogP contribution in [0.25, 0.3) is 6.08 Å². The number of amides is 4. The van der Waals surface area contributed by atoms with Gasteiger partial charge in [0.2, 0.25) is 0 Å². The molecule has 0 unspecified atom stereocenters. The summed E-state index contributed by atoms with van der Waals surface area (Å²) in [5, 5.41) is 10.8. The van der Waals surface area contributed by atoms with Crippen LogP contribution < -0.4 is 15.0 Å². The summed E-state index contributed by atoms with van der Waals surface area (Å²) in [6, 6.07) is 9.94. The minimum Gasteiger partial charge on any atom is -0.479 e. The van der Waals surface area contributed by atoms with Gasteiger partial charge in [0.1, 0.15) is 5.57 Å². The number of anilines is 1. The van der Waals surface area contributed by atoms with E-state index in [1.165, 1.54) is 18.2 Å². The Hall–Kier alpha value is -3.36. The number of urea groups is 1. The molecule has 1 heterocycles. The molecule has 0 aliphatic carbocycles. The molecule has 0 saturated carbocycles. The molecule has 4 amide bonds. The maximum atomic E-state index is 12.8. The van der Waals surface area contributed by atoms with Crippen LogP contribution in [0.3, 0.4) is 0 Å². The van der Waals surface area contributed by atoms with Crippen molar-refractivity contribution in [2.24, 2.45) is 0 Å². The number of benzene rings is 2. The van der Waals surface area contributed by atoms with Crippen molar-refractivity contribution in [3.8, 4) is 5.75 Å². The van der Waals surface area contributed by atoms with Crippen LogP contribution in [0.4, 0.5) is 10.5 Å². The van der Waals surface area contributed by atoms with Gasteiger partial charge in [-0.15, -0.1) is 0 Å². The topological polar surface area (TPSA) is 113 Å². The number of rotatable bonds is 5. The van der Waals surface area contributed by atoms with Crippen molar-refractivity contribution >= 4 is 58.8 Å². The van der Waals surface area contributed by atoms with Gasteiger partial charge in [-0.2, -0.15) is 0 Å². The van der Waals surface area contributed by atoms with E-state index in [1.807, 2.05) is 0 Å². The summed E-state index contributed by atoms with van der Waals surface area (Å²) < 4.78 is 5.02. The molecule has 0 radical (unpaired) electrons. The molecule has 2 aromatic carbocycles. The van der Waals surface area contributed by atoms with Crippen molar-refractivity contribution in [1.82, 2.24) is 5.32 Å². The van der Waals surface area contributed by atoms with Crippen LogP contribution in [0.2, 0.25) is 10.0 Å². The number of ether oxygens (including phenoxy) is 1. The molecular formula is C19H12Cl2N2O6. The largest absolute Gasteiger partial charge is 0.479 e. The molecule has 1 aliphatic rings. The second-order valence-corrected chi connectivity index (χ2v) is 6.60. The lowest BCUT2D eigenvalue weighted by Crippen LogP contribution is -2.54. The standard InChI is InChI=1S/C19H12Cl2N2O6/c20-13-7-10(8-14(21)16(13)29-9-15(24)25)6-12-17(26)22-19(28)23(18(12)27)11-4-2-1-3-5-11/h1-8H,9H2,(H,24,25)(H,22,26,28)/b12-6+. The predicted octanol–water partition coefficient (Wildman–Crippen LogP) is 3.12. The van der Waals surface area contributed by atoms with Crippen molar-refractivity contribution in [3.05, 3.63) is 63.6 Å². The molecule has 148 valence electrons. The number of aliphatic carboxylic acids is 1. The van der Waals surface area contributed by atoms with E-state index < -0.39 is 30.4 Å². The maximum absolute atomic E-state index is 12.8. The monoisotopic (exact) mass is 434 g/mol. The Morgan fingerprint density at radius 3 is 2.31 bits per heavy atom. The number of halogens is 2. The lowest BCUT2D eigenvalue weighted by atomic mass is 10.1. The molecule has 29 heavy (non-hydrogen) atoms. The first-order chi connectivity index (χ1) is 13.8. The van der Waals surface area contributed by atoms with Crippen LogP contribution in [0, 0.1) is 0 Å². The minimum absolute atomic E-state index is 0.00902. The van der Waals surface area contributed by atoms with Crippen LogP contribution in [-0.2, 0) is 14.4 Å². The molecule has 2 N–H and O–H groups in total. The Bertz CT molecular complexity index is 1030. The van der Waals surface area contributed by atoms with Gasteiger partial charge in [-0.1, -0.05) is 41.4 Å². The van der Waals surface area contributed by atoms with Gasteiger partial charge in [-0.05, 0) is 35.9 Å². The van der Waals surface area contributed by atoms with E-state index in [0.29, 0.717) is 5.69 Å². The molecule has 10 heteroatoms. The highest BCUT2D eigenvalue weighted by Crippen LogP contribution is 2.35. The highest BCUT2D eigenvalue weighted by atomic mass is 35.5. The number of carbonyl (C=O) groups is 4. The molecule has 1 fully saturated rings.